The molecule has 0 bridgehead atoms. The molecule has 0 saturated carbocycles. The molecule has 5 heteroatoms. The topological polar surface area (TPSA) is 41.9 Å². The Morgan fingerprint density at radius 1 is 1.35 bits per heavy atom. The standard InChI is InChI=1S/C12H25NO3S/c1-15-9-5-13(4-6-14)10-12(11-17)2-7-16-8-3-12/h14,17H,2-11H2,1H3. The molecule has 0 spiro atoms. The number of ether oxygens (including phenoxy) is 2. The molecule has 102 valence electrons. The molecule has 17 heavy (non-hydrogen) atoms. The van der Waals surface area contributed by atoms with E-state index in [0.717, 1.165) is 44.9 Å². The van der Waals surface area contributed by atoms with Gasteiger partial charge in [0.1, 0.15) is 0 Å². The smallest absolute Gasteiger partial charge is 0.0589 e. The fourth-order valence-corrected chi connectivity index (χ4v) is 2.69. The van der Waals surface area contributed by atoms with Crippen LogP contribution in [0.3, 0.4) is 0 Å². The van der Waals surface area contributed by atoms with Crippen LogP contribution in [0.15, 0.2) is 0 Å². The average molecular weight is 263 g/mol. The van der Waals surface area contributed by atoms with Crippen LogP contribution in [0.2, 0.25) is 0 Å². The minimum absolute atomic E-state index is 0.197. The molecule has 1 saturated heterocycles. The fraction of sp³-hybridized carbons (Fsp3) is 1.00. The van der Waals surface area contributed by atoms with Gasteiger partial charge in [-0.05, 0) is 24.0 Å². The van der Waals surface area contributed by atoms with Gasteiger partial charge >= 0.3 is 0 Å². The molecule has 1 heterocycles. The molecule has 0 aromatic heterocycles. The summed E-state index contributed by atoms with van der Waals surface area (Å²) in [4.78, 5) is 2.27. The number of hydrogen-bond acceptors (Lipinski definition) is 5. The molecule has 1 N–H and O–H groups in total. The Bertz CT molecular complexity index is 198. The highest BCUT2D eigenvalue weighted by Gasteiger charge is 2.32. The second-order valence-electron chi connectivity index (χ2n) is 4.76. The summed E-state index contributed by atoms with van der Waals surface area (Å²) in [6, 6.07) is 0. The summed E-state index contributed by atoms with van der Waals surface area (Å²) in [5.41, 5.74) is 0.240. The third-order valence-electron chi connectivity index (χ3n) is 3.48. The Balaban J connectivity index is 2.48. The molecular formula is C12H25NO3S. The van der Waals surface area contributed by atoms with Gasteiger partial charge in [-0.2, -0.15) is 12.6 Å². The van der Waals surface area contributed by atoms with Crippen LogP contribution in [0.25, 0.3) is 0 Å². The maximum Gasteiger partial charge on any atom is 0.0589 e. The number of thiol groups is 1. The molecule has 1 rings (SSSR count). The summed E-state index contributed by atoms with van der Waals surface area (Å²) in [5, 5.41) is 9.10. The molecule has 0 atom stereocenters. The number of aliphatic hydroxyl groups excluding tert-OH is 1. The minimum Gasteiger partial charge on any atom is -0.395 e. The van der Waals surface area contributed by atoms with E-state index in [1.807, 2.05) is 0 Å². The van der Waals surface area contributed by atoms with Crippen LogP contribution in [0.1, 0.15) is 12.8 Å². The summed E-state index contributed by atoms with van der Waals surface area (Å²) in [7, 11) is 1.71. The highest BCUT2D eigenvalue weighted by Crippen LogP contribution is 2.32. The normalized spacial score (nSPS) is 19.8. The molecule has 0 aromatic carbocycles. The van der Waals surface area contributed by atoms with Gasteiger partial charge < -0.3 is 14.6 Å². The van der Waals surface area contributed by atoms with E-state index in [-0.39, 0.29) is 12.0 Å². The third kappa shape index (κ3) is 5.14. The van der Waals surface area contributed by atoms with Crippen LogP contribution in [0.4, 0.5) is 0 Å². The second kappa shape index (κ2) is 8.32. The zero-order valence-corrected chi connectivity index (χ0v) is 11.6. The molecule has 0 radical (unpaired) electrons. The molecule has 0 unspecified atom stereocenters. The van der Waals surface area contributed by atoms with Crippen molar-refractivity contribution in [1.82, 2.24) is 4.90 Å². The van der Waals surface area contributed by atoms with Gasteiger partial charge in [0.25, 0.3) is 0 Å². The highest BCUT2D eigenvalue weighted by molar-refractivity contribution is 7.80. The Kier molecular flexibility index (Phi) is 7.46. The van der Waals surface area contributed by atoms with E-state index in [1.54, 1.807) is 7.11 Å². The van der Waals surface area contributed by atoms with E-state index in [1.165, 1.54) is 0 Å². The van der Waals surface area contributed by atoms with E-state index in [4.69, 9.17) is 14.6 Å². The predicted molar refractivity (Wildman–Crippen MR) is 71.7 cm³/mol. The summed E-state index contributed by atoms with van der Waals surface area (Å²) >= 11 is 4.51. The van der Waals surface area contributed by atoms with Crippen LogP contribution in [-0.4, -0.2) is 68.9 Å². The Labute approximate surface area is 110 Å². The first-order valence-electron chi connectivity index (χ1n) is 6.27. The quantitative estimate of drug-likeness (QED) is 0.631. The van der Waals surface area contributed by atoms with E-state index in [2.05, 4.69) is 17.5 Å². The van der Waals surface area contributed by atoms with Crippen molar-refractivity contribution in [2.24, 2.45) is 5.41 Å². The predicted octanol–water partition coefficient (Wildman–Crippen LogP) is 0.654. The van der Waals surface area contributed by atoms with Gasteiger partial charge in [-0.3, -0.25) is 4.90 Å². The van der Waals surface area contributed by atoms with Crippen molar-refractivity contribution < 1.29 is 14.6 Å². The molecule has 1 aliphatic heterocycles. The SMILES string of the molecule is COCCN(CCO)CC1(CS)CCOCC1. The maximum atomic E-state index is 9.10. The number of methoxy groups -OCH3 is 1. The van der Waals surface area contributed by atoms with Crippen LogP contribution < -0.4 is 0 Å². The highest BCUT2D eigenvalue weighted by atomic mass is 32.1. The molecule has 1 fully saturated rings. The fourth-order valence-electron chi connectivity index (χ4n) is 2.28. The molecule has 0 aliphatic carbocycles. The van der Waals surface area contributed by atoms with Gasteiger partial charge in [-0.25, -0.2) is 0 Å². The van der Waals surface area contributed by atoms with Crippen molar-refractivity contribution >= 4 is 12.6 Å². The van der Waals surface area contributed by atoms with Crippen molar-refractivity contribution in [3.05, 3.63) is 0 Å². The number of aliphatic hydroxyl groups is 1. The summed E-state index contributed by atoms with van der Waals surface area (Å²) in [6.07, 6.45) is 2.12. The van der Waals surface area contributed by atoms with E-state index >= 15 is 0 Å². The first-order chi connectivity index (χ1) is 8.26. The van der Waals surface area contributed by atoms with Crippen molar-refractivity contribution in [2.45, 2.75) is 12.8 Å². The zero-order chi connectivity index (χ0) is 12.6. The third-order valence-corrected chi connectivity index (χ3v) is 4.15. The number of rotatable bonds is 8. The van der Waals surface area contributed by atoms with Gasteiger partial charge in [0.05, 0.1) is 13.2 Å². The van der Waals surface area contributed by atoms with E-state index in [9.17, 15) is 0 Å². The number of nitrogens with zero attached hydrogens (tertiary/aromatic N) is 1. The van der Waals surface area contributed by atoms with Crippen LogP contribution >= 0.6 is 12.6 Å². The maximum absolute atomic E-state index is 9.10. The number of hydrogen-bond donors (Lipinski definition) is 2. The van der Waals surface area contributed by atoms with Gasteiger partial charge in [0.2, 0.25) is 0 Å². The molecule has 0 aromatic rings. The Morgan fingerprint density at radius 2 is 2.06 bits per heavy atom. The minimum atomic E-state index is 0.197. The van der Waals surface area contributed by atoms with Crippen LogP contribution in [-0.2, 0) is 9.47 Å². The lowest BCUT2D eigenvalue weighted by molar-refractivity contribution is 0.00164. The molecular weight excluding hydrogens is 238 g/mol. The molecule has 1 aliphatic rings. The lowest BCUT2D eigenvalue weighted by atomic mass is 9.81. The van der Waals surface area contributed by atoms with Gasteiger partial charge in [-0.1, -0.05) is 0 Å². The summed E-state index contributed by atoms with van der Waals surface area (Å²) in [5.74, 6) is 0.880. The van der Waals surface area contributed by atoms with Crippen molar-refractivity contribution in [1.29, 1.82) is 0 Å². The first kappa shape index (κ1) is 15.2. The van der Waals surface area contributed by atoms with Gasteiger partial charge in [-0.15, -0.1) is 0 Å². The van der Waals surface area contributed by atoms with Crippen LogP contribution in [0.5, 0.6) is 0 Å². The van der Waals surface area contributed by atoms with Crippen molar-refractivity contribution in [3.8, 4) is 0 Å². The molecule has 0 amide bonds. The monoisotopic (exact) mass is 263 g/mol. The van der Waals surface area contributed by atoms with Crippen molar-refractivity contribution in [3.63, 3.8) is 0 Å². The Morgan fingerprint density at radius 3 is 2.59 bits per heavy atom. The van der Waals surface area contributed by atoms with E-state index < -0.39 is 0 Å². The first-order valence-corrected chi connectivity index (χ1v) is 6.90. The summed E-state index contributed by atoms with van der Waals surface area (Å²) in [6.45, 7) is 5.12. The lowest BCUT2D eigenvalue weighted by Crippen LogP contribution is -2.44. The average Bonchev–Trinajstić information content (AvgIpc) is 2.37. The van der Waals surface area contributed by atoms with E-state index in [0.29, 0.717) is 13.2 Å². The lowest BCUT2D eigenvalue weighted by Gasteiger charge is -2.40. The zero-order valence-electron chi connectivity index (χ0n) is 10.7. The largest absolute Gasteiger partial charge is 0.395 e. The van der Waals surface area contributed by atoms with Gasteiger partial charge in [0.15, 0.2) is 0 Å². The Hall–Kier alpha value is 0.190. The van der Waals surface area contributed by atoms with Gasteiger partial charge in [0, 0.05) is 40.0 Å². The van der Waals surface area contributed by atoms with Crippen LogP contribution in [0, 0.1) is 5.41 Å². The summed E-state index contributed by atoms with van der Waals surface area (Å²) < 4.78 is 10.5. The second-order valence-corrected chi connectivity index (χ2v) is 5.08. The molecule has 4 nitrogen and oxygen atoms in total. The van der Waals surface area contributed by atoms with Crippen molar-refractivity contribution in [2.75, 3.05) is 58.9 Å².